The highest BCUT2D eigenvalue weighted by Gasteiger charge is 2.27. The van der Waals surface area contributed by atoms with Crippen molar-refractivity contribution in [2.24, 2.45) is 0 Å². The third-order valence-electron chi connectivity index (χ3n) is 2.93. The normalized spacial score (nSPS) is 15.9. The first-order chi connectivity index (χ1) is 7.74. The smallest absolute Gasteiger partial charge is 0.148 e. The third kappa shape index (κ3) is 2.12. The molecule has 0 aliphatic heterocycles. The molecule has 0 radical (unpaired) electrons. The van der Waals surface area contributed by atoms with Gasteiger partial charge in [-0.3, -0.25) is 0 Å². The van der Waals surface area contributed by atoms with Crippen LogP contribution in [0.5, 0.6) is 0 Å². The van der Waals surface area contributed by atoms with E-state index in [1.54, 1.807) is 0 Å². The molecule has 1 aromatic rings. The topological polar surface area (TPSA) is 75.3 Å². The van der Waals surface area contributed by atoms with Gasteiger partial charge in [0.15, 0.2) is 0 Å². The number of hydrogen-bond acceptors (Lipinski definition) is 5. The number of nitrogens with two attached hydrogens (primary N) is 1. The van der Waals surface area contributed by atoms with Gasteiger partial charge in [0, 0.05) is 12.6 Å². The maximum absolute atomic E-state index is 9.10. The number of aromatic nitrogens is 2. The Labute approximate surface area is 103 Å². The summed E-state index contributed by atoms with van der Waals surface area (Å²) < 4.78 is 0.718. The molecule has 1 fully saturated rings. The zero-order valence-corrected chi connectivity index (χ0v) is 10.5. The second kappa shape index (κ2) is 4.97. The highest BCUT2D eigenvalue weighted by Crippen LogP contribution is 2.33. The molecular weight excluding hydrogens is 272 g/mol. The predicted molar refractivity (Wildman–Crippen MR) is 66.2 cm³/mol. The molecule has 0 bridgehead atoms. The fourth-order valence-corrected chi connectivity index (χ4v) is 2.27. The van der Waals surface area contributed by atoms with Gasteiger partial charge in [0.05, 0.1) is 6.61 Å². The summed E-state index contributed by atoms with van der Waals surface area (Å²) in [5.74, 6) is 1.22. The first-order valence-electron chi connectivity index (χ1n) is 5.37. The van der Waals surface area contributed by atoms with Crippen molar-refractivity contribution >= 4 is 27.6 Å². The molecule has 1 heterocycles. The minimum atomic E-state index is 0.118. The van der Waals surface area contributed by atoms with Gasteiger partial charge < -0.3 is 15.7 Å². The number of halogens is 1. The highest BCUT2D eigenvalue weighted by atomic mass is 79.9. The molecule has 1 saturated carbocycles. The molecular formula is C10H15BrN4O. The first-order valence-corrected chi connectivity index (χ1v) is 6.17. The summed E-state index contributed by atoms with van der Waals surface area (Å²) in [6.07, 6.45) is 5.00. The van der Waals surface area contributed by atoms with Gasteiger partial charge in [-0.05, 0) is 35.2 Å². The van der Waals surface area contributed by atoms with Crippen molar-refractivity contribution in [2.45, 2.75) is 25.3 Å². The Morgan fingerprint density at radius 2 is 2.25 bits per heavy atom. The van der Waals surface area contributed by atoms with Crippen LogP contribution in [0.4, 0.5) is 11.6 Å². The van der Waals surface area contributed by atoms with Crippen molar-refractivity contribution in [3.63, 3.8) is 0 Å². The minimum absolute atomic E-state index is 0.118. The molecule has 5 nitrogen and oxygen atoms in total. The van der Waals surface area contributed by atoms with Crippen molar-refractivity contribution in [1.82, 2.24) is 9.97 Å². The van der Waals surface area contributed by atoms with Crippen LogP contribution in [0.2, 0.25) is 0 Å². The van der Waals surface area contributed by atoms with Gasteiger partial charge in [-0.2, -0.15) is 0 Å². The largest absolute Gasteiger partial charge is 0.395 e. The van der Waals surface area contributed by atoms with Crippen LogP contribution in [0.15, 0.2) is 10.8 Å². The van der Waals surface area contributed by atoms with Gasteiger partial charge in [-0.15, -0.1) is 0 Å². The lowest BCUT2D eigenvalue weighted by molar-refractivity contribution is 0.283. The van der Waals surface area contributed by atoms with Gasteiger partial charge in [-0.1, -0.05) is 0 Å². The number of nitrogens with zero attached hydrogens (tertiary/aromatic N) is 3. The average molecular weight is 287 g/mol. The average Bonchev–Trinajstić information content (AvgIpc) is 2.19. The summed E-state index contributed by atoms with van der Waals surface area (Å²) in [7, 11) is 0. The summed E-state index contributed by atoms with van der Waals surface area (Å²) in [6, 6.07) is 0.470. The van der Waals surface area contributed by atoms with Crippen LogP contribution >= 0.6 is 15.9 Å². The molecule has 0 saturated heterocycles. The molecule has 0 amide bonds. The monoisotopic (exact) mass is 286 g/mol. The molecule has 0 atom stereocenters. The zero-order chi connectivity index (χ0) is 11.5. The fraction of sp³-hybridized carbons (Fsp3) is 0.600. The summed E-state index contributed by atoms with van der Waals surface area (Å²) in [5.41, 5.74) is 5.73. The van der Waals surface area contributed by atoms with Crippen LogP contribution in [0.3, 0.4) is 0 Å². The number of anilines is 2. The standard InChI is InChI=1S/C10H15BrN4O/c11-8-9(12)13-6-14-10(8)15(4-5-16)7-2-1-3-7/h6-7,16H,1-5H2,(H2,12,13,14). The lowest BCUT2D eigenvalue weighted by Crippen LogP contribution is -2.42. The Kier molecular flexibility index (Phi) is 3.60. The van der Waals surface area contributed by atoms with Gasteiger partial charge in [-0.25, -0.2) is 9.97 Å². The molecule has 6 heteroatoms. The molecule has 1 aliphatic carbocycles. The lowest BCUT2D eigenvalue weighted by atomic mass is 9.91. The summed E-state index contributed by atoms with van der Waals surface area (Å²) in [5, 5.41) is 9.10. The van der Waals surface area contributed by atoms with Crippen molar-refractivity contribution < 1.29 is 5.11 Å². The molecule has 16 heavy (non-hydrogen) atoms. The van der Waals surface area contributed by atoms with E-state index in [0.717, 1.165) is 23.1 Å². The Morgan fingerprint density at radius 3 is 2.81 bits per heavy atom. The van der Waals surface area contributed by atoms with Crippen LogP contribution in [-0.4, -0.2) is 34.3 Å². The number of nitrogen functional groups attached to an aromatic ring is 1. The van der Waals surface area contributed by atoms with Crippen molar-refractivity contribution in [1.29, 1.82) is 0 Å². The molecule has 0 spiro atoms. The molecule has 88 valence electrons. The van der Waals surface area contributed by atoms with Crippen molar-refractivity contribution in [3.05, 3.63) is 10.8 Å². The summed E-state index contributed by atoms with van der Waals surface area (Å²) in [4.78, 5) is 10.3. The van der Waals surface area contributed by atoms with Crippen molar-refractivity contribution in [2.75, 3.05) is 23.8 Å². The van der Waals surface area contributed by atoms with E-state index in [-0.39, 0.29) is 6.61 Å². The van der Waals surface area contributed by atoms with E-state index in [0.29, 0.717) is 18.4 Å². The number of hydrogen-bond donors (Lipinski definition) is 2. The van der Waals surface area contributed by atoms with Gasteiger partial charge in [0.1, 0.15) is 22.4 Å². The van der Waals surface area contributed by atoms with Gasteiger partial charge in [0.2, 0.25) is 0 Å². The van der Waals surface area contributed by atoms with Crippen molar-refractivity contribution in [3.8, 4) is 0 Å². The van der Waals surface area contributed by atoms with E-state index in [9.17, 15) is 0 Å². The van der Waals surface area contributed by atoms with E-state index in [2.05, 4.69) is 30.8 Å². The van der Waals surface area contributed by atoms with Crippen LogP contribution < -0.4 is 10.6 Å². The molecule has 2 rings (SSSR count). The van der Waals surface area contributed by atoms with Crippen LogP contribution in [-0.2, 0) is 0 Å². The molecule has 1 aromatic heterocycles. The van der Waals surface area contributed by atoms with Crippen LogP contribution in [0.1, 0.15) is 19.3 Å². The van der Waals surface area contributed by atoms with E-state index in [1.807, 2.05) is 0 Å². The molecule has 3 N–H and O–H groups in total. The van der Waals surface area contributed by atoms with Crippen LogP contribution in [0.25, 0.3) is 0 Å². The Bertz CT molecular complexity index is 370. The summed E-state index contributed by atoms with van der Waals surface area (Å²) >= 11 is 3.40. The SMILES string of the molecule is Nc1ncnc(N(CCO)C2CCC2)c1Br. The highest BCUT2D eigenvalue weighted by molar-refractivity contribution is 9.10. The number of aliphatic hydroxyl groups is 1. The van der Waals surface area contributed by atoms with E-state index >= 15 is 0 Å². The Balaban J connectivity index is 2.26. The zero-order valence-electron chi connectivity index (χ0n) is 8.93. The van der Waals surface area contributed by atoms with Crippen LogP contribution in [0, 0.1) is 0 Å². The van der Waals surface area contributed by atoms with E-state index in [4.69, 9.17) is 10.8 Å². The summed E-state index contributed by atoms with van der Waals surface area (Å²) in [6.45, 7) is 0.701. The number of aliphatic hydroxyl groups excluding tert-OH is 1. The lowest BCUT2D eigenvalue weighted by Gasteiger charge is -2.38. The quantitative estimate of drug-likeness (QED) is 0.869. The Hall–Kier alpha value is -0.880. The second-order valence-electron chi connectivity index (χ2n) is 3.90. The van der Waals surface area contributed by atoms with E-state index in [1.165, 1.54) is 12.7 Å². The third-order valence-corrected chi connectivity index (χ3v) is 3.69. The van der Waals surface area contributed by atoms with Gasteiger partial charge in [0.25, 0.3) is 0 Å². The second-order valence-corrected chi connectivity index (χ2v) is 4.69. The van der Waals surface area contributed by atoms with E-state index < -0.39 is 0 Å². The number of rotatable bonds is 4. The minimum Gasteiger partial charge on any atom is -0.395 e. The van der Waals surface area contributed by atoms with Gasteiger partial charge >= 0.3 is 0 Å². The first kappa shape index (κ1) is 11.6. The molecule has 0 unspecified atom stereocenters. The fourth-order valence-electron chi connectivity index (χ4n) is 1.84. The Morgan fingerprint density at radius 1 is 1.50 bits per heavy atom. The predicted octanol–water partition coefficient (Wildman–Crippen LogP) is 1.17. The maximum Gasteiger partial charge on any atom is 0.148 e. The molecule has 1 aliphatic rings. The molecule has 0 aromatic carbocycles. The maximum atomic E-state index is 9.10.